The van der Waals surface area contributed by atoms with Gasteiger partial charge in [-0.15, -0.1) is 0 Å². The van der Waals surface area contributed by atoms with Crippen molar-refractivity contribution < 1.29 is 13.6 Å². The van der Waals surface area contributed by atoms with E-state index in [0.717, 1.165) is 0 Å². The molecule has 0 bridgehead atoms. The number of halogens is 2. The highest BCUT2D eigenvalue weighted by Crippen LogP contribution is 2.57. The van der Waals surface area contributed by atoms with E-state index < -0.39 is 5.92 Å². The first kappa shape index (κ1) is 10.1. The second-order valence-electron chi connectivity index (χ2n) is 5.31. The summed E-state index contributed by atoms with van der Waals surface area (Å²) in [5.41, 5.74) is -0.314. The lowest BCUT2D eigenvalue weighted by Crippen LogP contribution is -2.24. The Balaban J connectivity index is 2.10. The molecule has 2 aliphatic carbocycles. The minimum Gasteiger partial charge on any atom is -0.299 e. The van der Waals surface area contributed by atoms with Crippen molar-refractivity contribution in [3.8, 4) is 0 Å². The van der Waals surface area contributed by atoms with Gasteiger partial charge in [0.05, 0.1) is 0 Å². The molecule has 2 fully saturated rings. The van der Waals surface area contributed by atoms with Crippen molar-refractivity contribution in [1.82, 2.24) is 0 Å². The van der Waals surface area contributed by atoms with Gasteiger partial charge in [-0.2, -0.15) is 0 Å². The zero-order chi connectivity index (χ0) is 10.6. The molecule has 2 aliphatic rings. The highest BCUT2D eigenvalue weighted by Gasteiger charge is 2.55. The Morgan fingerprint density at radius 1 is 1.14 bits per heavy atom. The Morgan fingerprint density at radius 3 is 1.93 bits per heavy atom. The number of carbonyl (C=O) groups is 1. The molecule has 2 saturated carbocycles. The lowest BCUT2D eigenvalue weighted by atomic mass is 9.82. The molecule has 80 valence electrons. The molecule has 0 saturated heterocycles. The maximum Gasteiger partial charge on any atom is 0.248 e. The van der Waals surface area contributed by atoms with Crippen molar-refractivity contribution in [3.63, 3.8) is 0 Å². The van der Waals surface area contributed by atoms with Crippen LogP contribution < -0.4 is 0 Å². The summed E-state index contributed by atoms with van der Waals surface area (Å²) >= 11 is 0. The second-order valence-corrected chi connectivity index (χ2v) is 5.31. The van der Waals surface area contributed by atoms with Gasteiger partial charge in [-0.25, -0.2) is 8.78 Å². The molecule has 0 N–H and O–H groups in total. The van der Waals surface area contributed by atoms with E-state index in [1.54, 1.807) is 6.92 Å². The topological polar surface area (TPSA) is 17.1 Å². The molecule has 1 nitrogen and oxygen atoms in total. The molecule has 0 unspecified atom stereocenters. The van der Waals surface area contributed by atoms with Crippen LogP contribution in [-0.2, 0) is 4.79 Å². The third-order valence-corrected chi connectivity index (χ3v) is 4.06. The van der Waals surface area contributed by atoms with Crippen LogP contribution in [0.3, 0.4) is 0 Å². The van der Waals surface area contributed by atoms with Gasteiger partial charge in [0, 0.05) is 18.3 Å². The molecule has 3 heteroatoms. The molecule has 0 aromatic rings. The number of hydrogen-bond donors (Lipinski definition) is 0. The molecule has 0 aliphatic heterocycles. The molecule has 0 amide bonds. The van der Waals surface area contributed by atoms with Crippen molar-refractivity contribution in [2.24, 2.45) is 17.3 Å². The quantitative estimate of drug-likeness (QED) is 0.638. The zero-order valence-electron chi connectivity index (χ0n) is 8.65. The van der Waals surface area contributed by atoms with Gasteiger partial charge in [0.25, 0.3) is 0 Å². The zero-order valence-corrected chi connectivity index (χ0v) is 8.65. The lowest BCUT2D eigenvalue weighted by molar-refractivity contribution is -0.126. The van der Waals surface area contributed by atoms with Gasteiger partial charge in [-0.3, -0.25) is 4.79 Å². The third-order valence-electron chi connectivity index (χ3n) is 4.06. The van der Waals surface area contributed by atoms with Crippen LogP contribution in [0.25, 0.3) is 0 Å². The molecule has 2 rings (SSSR count). The Morgan fingerprint density at radius 2 is 1.57 bits per heavy atom. The van der Waals surface area contributed by atoms with Crippen LogP contribution in [0.15, 0.2) is 0 Å². The number of hydrogen-bond acceptors (Lipinski definition) is 1. The van der Waals surface area contributed by atoms with Crippen molar-refractivity contribution in [3.05, 3.63) is 0 Å². The average Bonchev–Trinajstić information content (AvgIpc) is 2.37. The van der Waals surface area contributed by atoms with Gasteiger partial charge >= 0.3 is 0 Å². The number of Topliss-reactive ketones (excluding diaryl/α,β-unsaturated/α-hetero) is 1. The fourth-order valence-corrected chi connectivity index (χ4v) is 3.19. The normalized spacial score (nSPS) is 45.1. The second kappa shape index (κ2) is 2.77. The Kier molecular flexibility index (Phi) is 1.99. The highest BCUT2D eigenvalue weighted by atomic mass is 19.3. The van der Waals surface area contributed by atoms with E-state index in [1.807, 2.05) is 6.92 Å². The molecule has 3 atom stereocenters. The first-order valence-electron chi connectivity index (χ1n) is 5.21. The van der Waals surface area contributed by atoms with Crippen LogP contribution in [0, 0.1) is 17.3 Å². The van der Waals surface area contributed by atoms with Gasteiger partial charge in [0.1, 0.15) is 5.78 Å². The summed E-state index contributed by atoms with van der Waals surface area (Å²) < 4.78 is 26.1. The maximum atomic E-state index is 13.0. The molecule has 14 heavy (non-hydrogen) atoms. The van der Waals surface area contributed by atoms with Crippen LogP contribution in [-0.4, -0.2) is 11.7 Å². The SMILES string of the molecule is CC(=O)[C@@]1(C)C[C@H]2CC(F)(F)C[C@H]2C1. The van der Waals surface area contributed by atoms with E-state index in [2.05, 4.69) is 0 Å². The fraction of sp³-hybridized carbons (Fsp3) is 0.909. The minimum absolute atomic E-state index is 0.000532. The lowest BCUT2D eigenvalue weighted by Gasteiger charge is -2.22. The highest BCUT2D eigenvalue weighted by molar-refractivity contribution is 5.82. The van der Waals surface area contributed by atoms with Crippen molar-refractivity contribution in [2.45, 2.75) is 45.5 Å². The van der Waals surface area contributed by atoms with Gasteiger partial charge in [0.15, 0.2) is 0 Å². The van der Waals surface area contributed by atoms with E-state index in [9.17, 15) is 13.6 Å². The maximum absolute atomic E-state index is 13.0. The number of alkyl halides is 2. The van der Waals surface area contributed by atoms with Crippen molar-refractivity contribution >= 4 is 5.78 Å². The predicted molar refractivity (Wildman–Crippen MR) is 49.2 cm³/mol. The number of fused-ring (bicyclic) bond motifs is 1. The van der Waals surface area contributed by atoms with Crippen LogP contribution >= 0.6 is 0 Å². The molecule has 0 aromatic carbocycles. The molecular formula is C11H16F2O. The average molecular weight is 202 g/mol. The summed E-state index contributed by atoms with van der Waals surface area (Å²) in [5, 5.41) is 0. The molecule has 0 spiro atoms. The van der Waals surface area contributed by atoms with Crippen LogP contribution in [0.2, 0.25) is 0 Å². The van der Waals surface area contributed by atoms with Crippen LogP contribution in [0.5, 0.6) is 0 Å². The van der Waals surface area contributed by atoms with E-state index in [1.165, 1.54) is 0 Å². The molecule has 0 heterocycles. The third kappa shape index (κ3) is 1.47. The van der Waals surface area contributed by atoms with E-state index >= 15 is 0 Å². The number of rotatable bonds is 1. The predicted octanol–water partition coefficient (Wildman–Crippen LogP) is 3.04. The smallest absolute Gasteiger partial charge is 0.248 e. The Hall–Kier alpha value is -0.470. The fourth-order valence-electron chi connectivity index (χ4n) is 3.19. The summed E-state index contributed by atoms with van der Waals surface area (Å²) in [5.74, 6) is -2.14. The summed E-state index contributed by atoms with van der Waals surface area (Å²) in [6, 6.07) is 0. The summed E-state index contributed by atoms with van der Waals surface area (Å²) in [7, 11) is 0. The summed E-state index contributed by atoms with van der Waals surface area (Å²) in [6.07, 6.45) is 1.34. The van der Waals surface area contributed by atoms with Gasteiger partial charge < -0.3 is 0 Å². The largest absolute Gasteiger partial charge is 0.299 e. The molecule has 0 radical (unpaired) electrons. The van der Waals surface area contributed by atoms with Crippen molar-refractivity contribution in [2.75, 3.05) is 0 Å². The monoisotopic (exact) mass is 202 g/mol. The first-order valence-corrected chi connectivity index (χ1v) is 5.21. The molecule has 0 aromatic heterocycles. The van der Waals surface area contributed by atoms with Crippen LogP contribution in [0.1, 0.15) is 39.5 Å². The summed E-state index contributed by atoms with van der Waals surface area (Å²) in [6.45, 7) is 3.50. The minimum atomic E-state index is -2.46. The van der Waals surface area contributed by atoms with Gasteiger partial charge in [0.2, 0.25) is 5.92 Å². The number of ketones is 1. The van der Waals surface area contributed by atoms with Gasteiger partial charge in [-0.1, -0.05) is 6.92 Å². The van der Waals surface area contributed by atoms with E-state index in [4.69, 9.17) is 0 Å². The van der Waals surface area contributed by atoms with E-state index in [-0.39, 0.29) is 35.9 Å². The van der Waals surface area contributed by atoms with Crippen LogP contribution in [0.4, 0.5) is 8.78 Å². The summed E-state index contributed by atoms with van der Waals surface area (Å²) in [4.78, 5) is 11.4. The standard InChI is InChI=1S/C11H16F2O/c1-7(14)10(2)3-8-5-11(12,13)6-9(8)4-10/h8-9H,3-6H2,1-2H3/t8-,9+,10-. The number of carbonyl (C=O) groups excluding carboxylic acids is 1. The first-order chi connectivity index (χ1) is 6.32. The molecular weight excluding hydrogens is 186 g/mol. The Bertz CT molecular complexity index is 256. The van der Waals surface area contributed by atoms with Gasteiger partial charge in [-0.05, 0) is 31.6 Å². The van der Waals surface area contributed by atoms with Crippen molar-refractivity contribution in [1.29, 1.82) is 0 Å². The Labute approximate surface area is 82.9 Å². The van der Waals surface area contributed by atoms with E-state index in [0.29, 0.717) is 12.8 Å².